The third kappa shape index (κ3) is 5.37. The summed E-state index contributed by atoms with van der Waals surface area (Å²) in [6.07, 6.45) is 9.28. The van der Waals surface area contributed by atoms with Gasteiger partial charge in [-0.2, -0.15) is 0 Å². The molecule has 2 aromatic carbocycles. The van der Waals surface area contributed by atoms with Crippen LogP contribution < -0.4 is 4.90 Å². The van der Waals surface area contributed by atoms with Gasteiger partial charge in [-0.05, 0) is 54.5 Å². The molecule has 0 radical (unpaired) electrons. The molecule has 1 saturated heterocycles. The zero-order valence-corrected chi connectivity index (χ0v) is 17.3. The van der Waals surface area contributed by atoms with Gasteiger partial charge in [0.05, 0.1) is 6.54 Å². The van der Waals surface area contributed by atoms with Gasteiger partial charge < -0.3 is 4.74 Å². The maximum atomic E-state index is 12.4. The van der Waals surface area contributed by atoms with Gasteiger partial charge >= 0.3 is 6.09 Å². The van der Waals surface area contributed by atoms with E-state index in [2.05, 4.69) is 50.2 Å². The molecule has 1 heterocycles. The predicted molar refractivity (Wildman–Crippen MR) is 116 cm³/mol. The lowest BCUT2D eigenvalue weighted by molar-refractivity contribution is 0.142. The number of ether oxygens (including phenoxy) is 1. The maximum Gasteiger partial charge on any atom is 0.415 e. The fraction of sp³-hybridized carbons (Fsp3) is 0.480. The number of aryl methyl sites for hydroxylation is 2. The summed E-state index contributed by atoms with van der Waals surface area (Å²) in [6.45, 7) is 5.01. The first-order chi connectivity index (χ1) is 13.7. The van der Waals surface area contributed by atoms with Crippen LogP contribution in [0, 0.1) is 0 Å². The lowest BCUT2D eigenvalue weighted by Crippen LogP contribution is -2.23. The van der Waals surface area contributed by atoms with Gasteiger partial charge in [0.15, 0.2) is 0 Å². The van der Waals surface area contributed by atoms with Gasteiger partial charge in [-0.25, -0.2) is 4.79 Å². The summed E-state index contributed by atoms with van der Waals surface area (Å²) in [5.74, 6) is 0. The number of carbonyl (C=O) groups excluding carboxylic acids is 1. The van der Waals surface area contributed by atoms with Gasteiger partial charge in [0.2, 0.25) is 0 Å². The minimum atomic E-state index is -0.255. The molecule has 1 aliphatic rings. The van der Waals surface area contributed by atoms with E-state index in [1.807, 2.05) is 12.1 Å². The SMILES string of the molecule is CCCCCCc1ccc(C2CN(c3ccc(CCCC)cc3)C(=O)O2)cc1. The number of hydrogen-bond acceptors (Lipinski definition) is 2. The molecule has 1 amide bonds. The Balaban J connectivity index is 1.57. The minimum absolute atomic E-state index is 0.193. The third-order valence-corrected chi connectivity index (χ3v) is 5.55. The van der Waals surface area contributed by atoms with Crippen molar-refractivity contribution in [2.75, 3.05) is 11.4 Å². The summed E-state index contributed by atoms with van der Waals surface area (Å²) >= 11 is 0. The highest BCUT2D eigenvalue weighted by Crippen LogP contribution is 2.30. The van der Waals surface area contributed by atoms with Crippen molar-refractivity contribution < 1.29 is 9.53 Å². The Hall–Kier alpha value is -2.29. The number of unbranched alkanes of at least 4 members (excludes halogenated alkanes) is 4. The zero-order valence-electron chi connectivity index (χ0n) is 17.3. The predicted octanol–water partition coefficient (Wildman–Crippen LogP) is 6.85. The van der Waals surface area contributed by atoms with Gasteiger partial charge in [-0.3, -0.25) is 4.90 Å². The van der Waals surface area contributed by atoms with Crippen LogP contribution in [0.25, 0.3) is 0 Å². The van der Waals surface area contributed by atoms with E-state index in [0.717, 1.165) is 24.1 Å². The van der Waals surface area contributed by atoms with E-state index in [1.54, 1.807) is 4.90 Å². The van der Waals surface area contributed by atoms with Gasteiger partial charge in [-0.15, -0.1) is 0 Å². The number of carbonyl (C=O) groups is 1. The molecule has 0 spiro atoms. The van der Waals surface area contributed by atoms with E-state index in [0.29, 0.717) is 6.54 Å². The number of cyclic esters (lactones) is 1. The summed E-state index contributed by atoms with van der Waals surface area (Å²) in [5.41, 5.74) is 4.68. The van der Waals surface area contributed by atoms with Crippen molar-refractivity contribution >= 4 is 11.8 Å². The Kier molecular flexibility index (Phi) is 7.53. The molecule has 28 heavy (non-hydrogen) atoms. The molecule has 0 saturated carbocycles. The van der Waals surface area contributed by atoms with Crippen molar-refractivity contribution in [2.24, 2.45) is 0 Å². The Morgan fingerprint density at radius 2 is 1.43 bits per heavy atom. The van der Waals surface area contributed by atoms with Crippen molar-refractivity contribution in [2.45, 2.75) is 71.3 Å². The van der Waals surface area contributed by atoms with Crippen LogP contribution in [0.1, 0.15) is 75.2 Å². The second kappa shape index (κ2) is 10.3. The number of benzene rings is 2. The molecule has 1 aliphatic heterocycles. The number of rotatable bonds is 10. The van der Waals surface area contributed by atoms with Crippen molar-refractivity contribution in [3.63, 3.8) is 0 Å². The normalized spacial score (nSPS) is 16.4. The topological polar surface area (TPSA) is 29.5 Å². The van der Waals surface area contributed by atoms with E-state index < -0.39 is 0 Å². The van der Waals surface area contributed by atoms with E-state index in [4.69, 9.17) is 4.74 Å². The molecule has 0 aromatic heterocycles. The summed E-state index contributed by atoms with van der Waals surface area (Å²) in [6, 6.07) is 16.9. The van der Waals surface area contributed by atoms with E-state index in [-0.39, 0.29) is 12.2 Å². The van der Waals surface area contributed by atoms with Crippen LogP contribution in [-0.2, 0) is 17.6 Å². The lowest BCUT2D eigenvalue weighted by Gasteiger charge is -2.14. The highest BCUT2D eigenvalue weighted by molar-refractivity contribution is 5.89. The van der Waals surface area contributed by atoms with Crippen LogP contribution in [0.4, 0.5) is 10.5 Å². The molecule has 1 atom stereocenters. The second-order valence-electron chi connectivity index (χ2n) is 7.81. The average Bonchev–Trinajstić information content (AvgIpc) is 3.12. The number of amides is 1. The first-order valence-corrected chi connectivity index (χ1v) is 10.9. The molecule has 0 N–H and O–H groups in total. The molecular weight excluding hydrogens is 346 g/mol. The molecular formula is C25H33NO2. The zero-order chi connectivity index (χ0) is 19.8. The molecule has 3 rings (SSSR count). The Morgan fingerprint density at radius 3 is 2.07 bits per heavy atom. The molecule has 3 nitrogen and oxygen atoms in total. The number of hydrogen-bond donors (Lipinski definition) is 0. The molecule has 0 aliphatic carbocycles. The molecule has 150 valence electrons. The minimum Gasteiger partial charge on any atom is -0.439 e. The second-order valence-corrected chi connectivity index (χ2v) is 7.81. The summed E-state index contributed by atoms with van der Waals surface area (Å²) < 4.78 is 5.65. The van der Waals surface area contributed by atoms with E-state index in [1.165, 1.54) is 49.7 Å². The van der Waals surface area contributed by atoms with Gasteiger partial charge in [0.25, 0.3) is 0 Å². The molecule has 2 aromatic rings. The fourth-order valence-electron chi connectivity index (χ4n) is 3.73. The van der Waals surface area contributed by atoms with Crippen molar-refractivity contribution in [1.29, 1.82) is 0 Å². The van der Waals surface area contributed by atoms with Gasteiger partial charge in [-0.1, -0.05) is 75.9 Å². The molecule has 0 bridgehead atoms. The van der Waals surface area contributed by atoms with Crippen LogP contribution in [0.2, 0.25) is 0 Å². The van der Waals surface area contributed by atoms with E-state index in [9.17, 15) is 4.79 Å². The van der Waals surface area contributed by atoms with Crippen molar-refractivity contribution in [1.82, 2.24) is 0 Å². The first-order valence-electron chi connectivity index (χ1n) is 10.9. The quantitative estimate of drug-likeness (QED) is 0.422. The summed E-state index contributed by atoms with van der Waals surface area (Å²) in [7, 11) is 0. The van der Waals surface area contributed by atoms with E-state index >= 15 is 0 Å². The fourth-order valence-corrected chi connectivity index (χ4v) is 3.73. The number of nitrogens with zero attached hydrogens (tertiary/aromatic N) is 1. The summed E-state index contributed by atoms with van der Waals surface area (Å²) in [5, 5.41) is 0. The average molecular weight is 380 g/mol. The third-order valence-electron chi connectivity index (χ3n) is 5.55. The van der Waals surface area contributed by atoms with Crippen molar-refractivity contribution in [3.05, 3.63) is 65.2 Å². The highest BCUT2D eigenvalue weighted by atomic mass is 16.6. The van der Waals surface area contributed by atoms with Crippen LogP contribution in [0.5, 0.6) is 0 Å². The first kappa shape index (κ1) is 20.4. The Morgan fingerprint density at radius 1 is 0.821 bits per heavy atom. The van der Waals surface area contributed by atoms with Gasteiger partial charge in [0.1, 0.15) is 6.10 Å². The Labute approximate surface area is 169 Å². The Bertz CT molecular complexity index is 736. The smallest absolute Gasteiger partial charge is 0.415 e. The lowest BCUT2D eigenvalue weighted by atomic mass is 10.0. The highest BCUT2D eigenvalue weighted by Gasteiger charge is 2.33. The standard InChI is InChI=1S/C25H33NO2/c1-3-5-7-8-10-21-11-15-22(16-12-21)24-19-26(25(27)28-24)23-17-13-20(14-18-23)9-6-4-2/h11-18,24H,3-10,19H2,1-2H3. The van der Waals surface area contributed by atoms with Crippen LogP contribution in [0.15, 0.2) is 48.5 Å². The van der Waals surface area contributed by atoms with Crippen LogP contribution >= 0.6 is 0 Å². The largest absolute Gasteiger partial charge is 0.439 e. The number of anilines is 1. The molecule has 1 fully saturated rings. The summed E-state index contributed by atoms with van der Waals surface area (Å²) in [4.78, 5) is 14.1. The monoisotopic (exact) mass is 379 g/mol. The van der Waals surface area contributed by atoms with Crippen LogP contribution in [0.3, 0.4) is 0 Å². The van der Waals surface area contributed by atoms with Crippen molar-refractivity contribution in [3.8, 4) is 0 Å². The molecule has 3 heteroatoms. The van der Waals surface area contributed by atoms with Crippen LogP contribution in [-0.4, -0.2) is 12.6 Å². The van der Waals surface area contributed by atoms with Gasteiger partial charge in [0, 0.05) is 5.69 Å². The molecule has 1 unspecified atom stereocenters. The maximum absolute atomic E-state index is 12.4.